The molecule has 2 aromatic carbocycles. The van der Waals surface area contributed by atoms with Gasteiger partial charge in [-0.3, -0.25) is 9.36 Å². The van der Waals surface area contributed by atoms with Gasteiger partial charge in [-0.2, -0.15) is 0 Å². The average molecular weight is 479 g/mol. The summed E-state index contributed by atoms with van der Waals surface area (Å²) in [6.07, 6.45) is 2.44. The normalized spacial score (nSPS) is 17.1. The van der Waals surface area contributed by atoms with Crippen molar-refractivity contribution in [1.82, 2.24) is 4.57 Å². The van der Waals surface area contributed by atoms with Crippen molar-refractivity contribution in [2.75, 3.05) is 13.2 Å². The van der Waals surface area contributed by atoms with E-state index in [1.165, 1.54) is 28.0 Å². The van der Waals surface area contributed by atoms with E-state index in [1.807, 2.05) is 18.2 Å². The molecule has 2 N–H and O–H groups in total. The number of esters is 1. The second kappa shape index (κ2) is 8.49. The molecular weight excluding hydrogens is 456 g/mol. The quantitative estimate of drug-likeness (QED) is 0.439. The summed E-state index contributed by atoms with van der Waals surface area (Å²) < 4.78 is 12.9. The van der Waals surface area contributed by atoms with Gasteiger partial charge in [-0.25, -0.2) is 9.79 Å². The zero-order chi connectivity index (χ0) is 24.0. The van der Waals surface area contributed by atoms with E-state index in [1.54, 1.807) is 26.0 Å². The molecule has 1 unspecified atom stereocenters. The molecule has 0 aliphatic carbocycles. The molecule has 3 aromatic rings. The second-order valence-electron chi connectivity index (χ2n) is 8.02. The number of ether oxygens (including phenoxy) is 2. The lowest BCUT2D eigenvalue weighted by Crippen LogP contribution is -2.39. The van der Waals surface area contributed by atoms with Crippen molar-refractivity contribution in [3.8, 4) is 17.2 Å². The van der Waals surface area contributed by atoms with Crippen molar-refractivity contribution in [1.29, 1.82) is 0 Å². The summed E-state index contributed by atoms with van der Waals surface area (Å²) >= 11 is 1.19. The molecule has 2 aliphatic rings. The molecule has 34 heavy (non-hydrogen) atoms. The highest BCUT2D eigenvalue weighted by molar-refractivity contribution is 7.07. The van der Waals surface area contributed by atoms with Gasteiger partial charge < -0.3 is 19.7 Å². The third-order valence-corrected chi connectivity index (χ3v) is 6.83. The van der Waals surface area contributed by atoms with Crippen LogP contribution in [-0.4, -0.2) is 34.0 Å². The Balaban J connectivity index is 1.72. The van der Waals surface area contributed by atoms with Crippen molar-refractivity contribution in [2.24, 2.45) is 4.99 Å². The lowest BCUT2D eigenvalue weighted by Gasteiger charge is -2.25. The summed E-state index contributed by atoms with van der Waals surface area (Å²) in [7, 11) is 0. The van der Waals surface area contributed by atoms with Crippen LogP contribution in [0.4, 0.5) is 0 Å². The van der Waals surface area contributed by atoms with E-state index in [4.69, 9.17) is 9.47 Å². The fourth-order valence-electron chi connectivity index (χ4n) is 4.24. The Morgan fingerprint density at radius 3 is 2.85 bits per heavy atom. The molecule has 174 valence electrons. The number of aromatic nitrogens is 1. The van der Waals surface area contributed by atoms with E-state index in [2.05, 4.69) is 4.99 Å². The predicted octanol–water partition coefficient (Wildman–Crippen LogP) is 2.14. The molecule has 0 radical (unpaired) electrons. The van der Waals surface area contributed by atoms with Crippen LogP contribution in [0.3, 0.4) is 0 Å². The minimum atomic E-state index is -0.722. The summed E-state index contributed by atoms with van der Waals surface area (Å²) in [5.74, 6) is -0.296. The van der Waals surface area contributed by atoms with E-state index in [0.29, 0.717) is 32.8 Å². The average Bonchev–Trinajstić information content (AvgIpc) is 3.39. The van der Waals surface area contributed by atoms with E-state index in [9.17, 15) is 19.8 Å². The van der Waals surface area contributed by atoms with Gasteiger partial charge in [-0.15, -0.1) is 0 Å². The summed E-state index contributed by atoms with van der Waals surface area (Å²) in [5.41, 5.74) is 2.83. The molecule has 3 heterocycles. The SMILES string of the molecule is CCOC(=O)C1=C(C)N=c2s/c(=C\c3ccc(O)c(O)c3)c(=O)n2C1c1ccc2c(c1)OCC2. The van der Waals surface area contributed by atoms with Crippen molar-refractivity contribution in [3.63, 3.8) is 0 Å². The van der Waals surface area contributed by atoms with Crippen LogP contribution >= 0.6 is 11.3 Å². The maximum absolute atomic E-state index is 13.6. The summed E-state index contributed by atoms with van der Waals surface area (Å²) in [4.78, 5) is 31.6. The van der Waals surface area contributed by atoms with Crippen LogP contribution in [-0.2, 0) is 16.0 Å². The molecule has 0 spiro atoms. The topological polar surface area (TPSA) is 110 Å². The van der Waals surface area contributed by atoms with Crippen LogP contribution in [0.1, 0.15) is 36.6 Å². The van der Waals surface area contributed by atoms with Crippen LogP contribution in [0.15, 0.2) is 57.5 Å². The van der Waals surface area contributed by atoms with Crippen LogP contribution in [0.25, 0.3) is 6.08 Å². The predicted molar refractivity (Wildman–Crippen MR) is 126 cm³/mol. The Morgan fingerprint density at radius 2 is 2.09 bits per heavy atom. The lowest BCUT2D eigenvalue weighted by atomic mass is 9.94. The standard InChI is InChI=1S/C25H22N2O6S/c1-3-32-24(31)21-13(2)26-25-27(22(21)16-6-5-15-8-9-33-19(15)12-16)23(30)20(34-25)11-14-4-7-17(28)18(29)10-14/h4-7,10-12,22,28-29H,3,8-9H2,1-2H3/b20-11-. The first-order valence-electron chi connectivity index (χ1n) is 10.8. The maximum atomic E-state index is 13.6. The first kappa shape index (κ1) is 22.0. The maximum Gasteiger partial charge on any atom is 0.338 e. The van der Waals surface area contributed by atoms with Gasteiger partial charge in [-0.05, 0) is 54.8 Å². The van der Waals surface area contributed by atoms with Crippen molar-refractivity contribution < 1.29 is 24.5 Å². The molecule has 0 amide bonds. The molecule has 1 aromatic heterocycles. The number of allylic oxidation sites excluding steroid dienone is 1. The van der Waals surface area contributed by atoms with E-state index >= 15 is 0 Å². The molecule has 0 saturated heterocycles. The van der Waals surface area contributed by atoms with Crippen molar-refractivity contribution in [3.05, 3.63) is 84.0 Å². The van der Waals surface area contributed by atoms with Gasteiger partial charge in [0.2, 0.25) is 0 Å². The zero-order valence-corrected chi connectivity index (χ0v) is 19.4. The Kier molecular flexibility index (Phi) is 5.49. The van der Waals surface area contributed by atoms with Crippen LogP contribution < -0.4 is 19.6 Å². The highest BCUT2D eigenvalue weighted by Crippen LogP contribution is 2.35. The molecular formula is C25H22N2O6S. The summed E-state index contributed by atoms with van der Waals surface area (Å²) in [5, 5.41) is 19.4. The second-order valence-corrected chi connectivity index (χ2v) is 9.03. The van der Waals surface area contributed by atoms with Crippen molar-refractivity contribution in [2.45, 2.75) is 26.3 Å². The molecule has 2 aliphatic heterocycles. The van der Waals surface area contributed by atoms with Gasteiger partial charge in [0.25, 0.3) is 5.56 Å². The zero-order valence-electron chi connectivity index (χ0n) is 18.6. The summed E-state index contributed by atoms with van der Waals surface area (Å²) in [6.45, 7) is 4.26. The van der Waals surface area contributed by atoms with E-state index in [-0.39, 0.29) is 23.7 Å². The van der Waals surface area contributed by atoms with Gasteiger partial charge in [0.05, 0.1) is 35.1 Å². The number of benzene rings is 2. The minimum absolute atomic E-state index is 0.199. The van der Waals surface area contributed by atoms with Crippen LogP contribution in [0.2, 0.25) is 0 Å². The number of phenolic OH excluding ortho intramolecular Hbond substituents is 2. The highest BCUT2D eigenvalue weighted by Gasteiger charge is 2.34. The number of phenols is 2. The highest BCUT2D eigenvalue weighted by atomic mass is 32.1. The number of rotatable bonds is 4. The Labute approximate surface area is 198 Å². The third-order valence-electron chi connectivity index (χ3n) is 5.85. The lowest BCUT2D eigenvalue weighted by molar-refractivity contribution is -0.139. The Hall–Kier alpha value is -3.85. The number of carbonyl (C=O) groups excluding carboxylic acids is 1. The Morgan fingerprint density at radius 1 is 1.26 bits per heavy atom. The summed E-state index contributed by atoms with van der Waals surface area (Å²) in [6, 6.07) is 9.35. The molecule has 0 fully saturated rings. The van der Waals surface area contributed by atoms with Crippen molar-refractivity contribution >= 4 is 23.4 Å². The van der Waals surface area contributed by atoms with Crippen LogP contribution in [0, 0.1) is 0 Å². The Bertz CT molecular complexity index is 1530. The monoisotopic (exact) mass is 478 g/mol. The molecule has 1 atom stereocenters. The van der Waals surface area contributed by atoms with Gasteiger partial charge in [-0.1, -0.05) is 29.5 Å². The fourth-order valence-corrected chi connectivity index (χ4v) is 5.29. The number of aromatic hydroxyl groups is 2. The van der Waals surface area contributed by atoms with Gasteiger partial charge in [0.1, 0.15) is 5.75 Å². The molecule has 0 bridgehead atoms. The van der Waals surface area contributed by atoms with Crippen LogP contribution in [0.5, 0.6) is 17.2 Å². The molecule has 8 nitrogen and oxygen atoms in total. The molecule has 0 saturated carbocycles. The number of thiazole rings is 1. The minimum Gasteiger partial charge on any atom is -0.504 e. The largest absolute Gasteiger partial charge is 0.504 e. The number of hydrogen-bond donors (Lipinski definition) is 2. The smallest absolute Gasteiger partial charge is 0.338 e. The van der Waals surface area contributed by atoms with Gasteiger partial charge in [0, 0.05) is 6.42 Å². The number of nitrogens with zero attached hydrogens (tertiary/aromatic N) is 2. The third kappa shape index (κ3) is 3.67. The van der Waals surface area contributed by atoms with E-state index < -0.39 is 12.0 Å². The van der Waals surface area contributed by atoms with Gasteiger partial charge in [0.15, 0.2) is 16.3 Å². The van der Waals surface area contributed by atoms with E-state index in [0.717, 1.165) is 23.3 Å². The molecule has 5 rings (SSSR count). The number of fused-ring (bicyclic) bond motifs is 2. The van der Waals surface area contributed by atoms with Gasteiger partial charge >= 0.3 is 5.97 Å². The molecule has 9 heteroatoms. The fraction of sp³-hybridized carbons (Fsp3) is 0.240. The first-order chi connectivity index (χ1) is 16.4. The number of hydrogen-bond acceptors (Lipinski definition) is 8. The first-order valence-corrected chi connectivity index (χ1v) is 11.7. The number of carbonyl (C=O) groups is 1.